The van der Waals surface area contributed by atoms with E-state index in [0.717, 1.165) is 102 Å². The number of aliphatic hydroxyl groups is 1. The minimum Gasteiger partial charge on any atom is -0.462 e. The Morgan fingerprint density at radius 3 is 0.773 bits per heavy atom. The summed E-state index contributed by atoms with van der Waals surface area (Å²) in [5.74, 6) is -0.652. The number of carbonyl (C=O) groups excluding carboxylic acids is 4. The van der Waals surface area contributed by atoms with Crippen LogP contribution < -0.4 is 0 Å². The minimum atomic E-state index is -4.95. The maximum Gasteiger partial charge on any atom is 0.472 e. The average Bonchev–Trinajstić information content (AvgIpc) is 3.64. The third-order valence-corrected chi connectivity index (χ3v) is 17.9. The summed E-state index contributed by atoms with van der Waals surface area (Å²) in [6.45, 7) is 9.47. The molecule has 0 aliphatic carbocycles. The van der Waals surface area contributed by atoms with Crippen molar-refractivity contribution < 1.29 is 80.2 Å². The fourth-order valence-electron chi connectivity index (χ4n) is 10.4. The number of ether oxygens (including phenoxy) is 4. The monoisotopic (exact) mass is 1300 g/mol. The number of esters is 4. The van der Waals surface area contributed by atoms with Crippen LogP contribution in [0.15, 0.2) is 0 Å². The zero-order chi connectivity index (χ0) is 65.0. The van der Waals surface area contributed by atoms with Gasteiger partial charge in [-0.15, -0.1) is 0 Å². The summed E-state index contributed by atoms with van der Waals surface area (Å²) in [4.78, 5) is 72.4. The molecule has 19 heteroatoms. The van der Waals surface area contributed by atoms with Gasteiger partial charge in [0.1, 0.15) is 19.3 Å². The van der Waals surface area contributed by atoms with Gasteiger partial charge in [-0.3, -0.25) is 37.3 Å². The molecule has 0 radical (unpaired) electrons. The fourth-order valence-corrected chi connectivity index (χ4v) is 12.0. The Morgan fingerprint density at radius 1 is 0.307 bits per heavy atom. The quantitative estimate of drug-likeness (QED) is 0.0222. The molecule has 0 aromatic heterocycles. The number of hydrogen-bond donors (Lipinski definition) is 3. The van der Waals surface area contributed by atoms with Gasteiger partial charge in [-0.1, -0.05) is 298 Å². The van der Waals surface area contributed by atoms with Gasteiger partial charge in [0.15, 0.2) is 12.2 Å². The third kappa shape index (κ3) is 62.8. The van der Waals surface area contributed by atoms with Crippen molar-refractivity contribution in [2.75, 3.05) is 39.6 Å². The Kier molecular flexibility index (Phi) is 59.9. The van der Waals surface area contributed by atoms with Crippen molar-refractivity contribution in [3.63, 3.8) is 0 Å². The van der Waals surface area contributed by atoms with Crippen molar-refractivity contribution in [2.45, 2.75) is 368 Å². The molecule has 0 aliphatic rings. The summed E-state index contributed by atoms with van der Waals surface area (Å²) in [5.41, 5.74) is 0. The number of phosphoric acid groups is 2. The first-order chi connectivity index (χ1) is 42.4. The molecule has 0 rings (SSSR count). The second-order valence-electron chi connectivity index (χ2n) is 25.9. The molecule has 0 spiro atoms. The standard InChI is InChI=1S/C69H134O17P2/c1-7-9-11-13-15-17-19-25-29-32-39-45-51-66(71)79-57-64(85-69(74)54-48-42-34-30-26-23-21-20-22-24-27-31-37-43-49-61(3)4)59-83-87(75,76)81-55-63(70)56-82-88(77,78)84-60-65(58-80-67(72)52-46-40-36-35-38-44-50-62(5)6)86-68(73)53-47-41-33-28-18-16-14-12-10-8-2/h61-65,70H,7-60H2,1-6H3,(H,75,76)(H,77,78)/t63-,64-,65-/m1/s1. The number of rotatable bonds is 68. The molecule has 0 aromatic carbocycles. The number of hydrogen-bond acceptors (Lipinski definition) is 15. The molecule has 17 nitrogen and oxygen atoms in total. The van der Waals surface area contributed by atoms with Crippen LogP contribution in [-0.2, 0) is 65.4 Å². The van der Waals surface area contributed by atoms with Crippen LogP contribution >= 0.6 is 15.6 Å². The molecule has 0 saturated heterocycles. The van der Waals surface area contributed by atoms with E-state index in [1.165, 1.54) is 161 Å². The van der Waals surface area contributed by atoms with Gasteiger partial charge in [0.2, 0.25) is 0 Å². The van der Waals surface area contributed by atoms with E-state index in [4.69, 9.17) is 37.0 Å². The highest BCUT2D eigenvalue weighted by molar-refractivity contribution is 7.47. The lowest BCUT2D eigenvalue weighted by molar-refractivity contribution is -0.161. The molecule has 522 valence electrons. The molecule has 0 aliphatic heterocycles. The van der Waals surface area contributed by atoms with E-state index in [1.807, 2.05) is 0 Å². The molecule has 5 atom stereocenters. The Morgan fingerprint density at radius 2 is 0.523 bits per heavy atom. The molecule has 2 unspecified atom stereocenters. The van der Waals surface area contributed by atoms with E-state index >= 15 is 0 Å². The molecule has 0 amide bonds. The fraction of sp³-hybridized carbons (Fsp3) is 0.942. The van der Waals surface area contributed by atoms with Crippen molar-refractivity contribution >= 4 is 39.5 Å². The lowest BCUT2D eigenvalue weighted by Crippen LogP contribution is -2.30. The van der Waals surface area contributed by atoms with Crippen molar-refractivity contribution in [2.24, 2.45) is 11.8 Å². The van der Waals surface area contributed by atoms with Crippen LogP contribution in [0.1, 0.15) is 350 Å². The van der Waals surface area contributed by atoms with Gasteiger partial charge >= 0.3 is 39.5 Å². The van der Waals surface area contributed by atoms with Gasteiger partial charge in [0.05, 0.1) is 26.4 Å². The summed E-state index contributed by atoms with van der Waals surface area (Å²) in [6, 6.07) is 0. The number of aliphatic hydroxyl groups excluding tert-OH is 1. The number of unbranched alkanes of at least 4 members (excludes halogenated alkanes) is 38. The Labute approximate surface area is 537 Å². The molecular weight excluding hydrogens is 1160 g/mol. The largest absolute Gasteiger partial charge is 0.472 e. The van der Waals surface area contributed by atoms with Gasteiger partial charge in [-0.2, -0.15) is 0 Å². The van der Waals surface area contributed by atoms with Crippen molar-refractivity contribution in [1.82, 2.24) is 0 Å². The van der Waals surface area contributed by atoms with E-state index in [9.17, 15) is 43.2 Å². The van der Waals surface area contributed by atoms with E-state index in [2.05, 4.69) is 41.5 Å². The van der Waals surface area contributed by atoms with E-state index < -0.39 is 97.5 Å². The SMILES string of the molecule is CCCCCCCCCCCCCCC(=O)OC[C@H](COP(=O)(O)OC[C@@H](O)COP(=O)(O)OC[C@@H](COC(=O)CCCCCCCCC(C)C)OC(=O)CCCCCCCCCCCC)OC(=O)CCCCCCCCCCCCCCCCC(C)C. The van der Waals surface area contributed by atoms with Crippen molar-refractivity contribution in [3.8, 4) is 0 Å². The first kappa shape index (κ1) is 86.1. The van der Waals surface area contributed by atoms with Gasteiger partial charge in [-0.25, -0.2) is 9.13 Å². The number of carbonyl (C=O) groups is 4. The van der Waals surface area contributed by atoms with Crippen LogP contribution in [0.25, 0.3) is 0 Å². The van der Waals surface area contributed by atoms with E-state index in [-0.39, 0.29) is 25.7 Å². The molecule has 0 fully saturated rings. The second kappa shape index (κ2) is 61.3. The Balaban J connectivity index is 5.22. The smallest absolute Gasteiger partial charge is 0.462 e. The van der Waals surface area contributed by atoms with Crippen LogP contribution in [-0.4, -0.2) is 96.7 Å². The first-order valence-corrected chi connectivity index (χ1v) is 39.0. The molecule has 3 N–H and O–H groups in total. The predicted octanol–water partition coefficient (Wildman–Crippen LogP) is 19.6. The lowest BCUT2D eigenvalue weighted by Gasteiger charge is -2.21. The van der Waals surface area contributed by atoms with Crippen LogP contribution in [0.3, 0.4) is 0 Å². The summed E-state index contributed by atoms with van der Waals surface area (Å²) in [5, 5.41) is 10.6. The van der Waals surface area contributed by atoms with Crippen LogP contribution in [0.4, 0.5) is 0 Å². The Bertz CT molecular complexity index is 1720. The molecule has 0 heterocycles. The van der Waals surface area contributed by atoms with Gasteiger partial charge < -0.3 is 33.8 Å². The summed E-state index contributed by atoms with van der Waals surface area (Å²) < 4.78 is 68.2. The summed E-state index contributed by atoms with van der Waals surface area (Å²) >= 11 is 0. The van der Waals surface area contributed by atoms with E-state index in [1.54, 1.807) is 0 Å². The van der Waals surface area contributed by atoms with Crippen LogP contribution in [0.5, 0.6) is 0 Å². The Hall–Kier alpha value is -1.94. The van der Waals surface area contributed by atoms with Gasteiger partial charge in [-0.05, 0) is 37.5 Å². The lowest BCUT2D eigenvalue weighted by atomic mass is 10.0. The second-order valence-corrected chi connectivity index (χ2v) is 28.8. The zero-order valence-corrected chi connectivity index (χ0v) is 58.8. The average molecular weight is 1300 g/mol. The summed E-state index contributed by atoms with van der Waals surface area (Å²) in [7, 11) is -9.89. The van der Waals surface area contributed by atoms with Crippen LogP contribution in [0.2, 0.25) is 0 Å². The molecule has 88 heavy (non-hydrogen) atoms. The predicted molar refractivity (Wildman–Crippen MR) is 354 cm³/mol. The van der Waals surface area contributed by atoms with Gasteiger partial charge in [0, 0.05) is 25.7 Å². The third-order valence-electron chi connectivity index (χ3n) is 16.0. The van der Waals surface area contributed by atoms with Crippen molar-refractivity contribution in [3.05, 3.63) is 0 Å². The number of phosphoric ester groups is 2. The minimum absolute atomic E-state index is 0.105. The van der Waals surface area contributed by atoms with Gasteiger partial charge in [0.25, 0.3) is 0 Å². The molecule has 0 aromatic rings. The van der Waals surface area contributed by atoms with Crippen LogP contribution in [0, 0.1) is 11.8 Å². The molecule has 0 saturated carbocycles. The topological polar surface area (TPSA) is 237 Å². The highest BCUT2D eigenvalue weighted by Crippen LogP contribution is 2.45. The highest BCUT2D eigenvalue weighted by Gasteiger charge is 2.30. The molecule has 0 bridgehead atoms. The van der Waals surface area contributed by atoms with Crippen molar-refractivity contribution in [1.29, 1.82) is 0 Å². The zero-order valence-electron chi connectivity index (χ0n) is 57.0. The first-order valence-electron chi connectivity index (χ1n) is 36.0. The summed E-state index contributed by atoms with van der Waals surface area (Å²) in [6.07, 6.45) is 45.9. The highest BCUT2D eigenvalue weighted by atomic mass is 31.2. The molecular formula is C69H134O17P2. The normalized spacial score (nSPS) is 14.2. The van der Waals surface area contributed by atoms with E-state index in [0.29, 0.717) is 31.6 Å². The maximum atomic E-state index is 13.0. The maximum absolute atomic E-state index is 13.0.